The van der Waals surface area contributed by atoms with Gasteiger partial charge in [0, 0.05) is 10.7 Å². The standard InChI is InChI=1S/C14H12ClN3/c1-9-2-5-11(6-3-9)16-14-17-12-7-4-10(15)8-13(12)18-14/h2-8H,1H3,(H2,16,17,18). The van der Waals surface area contributed by atoms with Gasteiger partial charge < -0.3 is 10.3 Å². The summed E-state index contributed by atoms with van der Waals surface area (Å²) in [6, 6.07) is 13.8. The normalized spacial score (nSPS) is 10.8. The summed E-state index contributed by atoms with van der Waals surface area (Å²) in [6.07, 6.45) is 0. The van der Waals surface area contributed by atoms with Crippen LogP contribution in [0.1, 0.15) is 5.56 Å². The lowest BCUT2D eigenvalue weighted by Gasteiger charge is -2.02. The van der Waals surface area contributed by atoms with Crippen LogP contribution in [0.2, 0.25) is 5.02 Å². The number of hydrogen-bond donors (Lipinski definition) is 2. The summed E-state index contributed by atoms with van der Waals surface area (Å²) < 4.78 is 0. The van der Waals surface area contributed by atoms with Gasteiger partial charge in [0.2, 0.25) is 5.95 Å². The van der Waals surface area contributed by atoms with E-state index in [-0.39, 0.29) is 0 Å². The number of H-pyrrole nitrogens is 1. The molecule has 2 aromatic carbocycles. The zero-order valence-corrected chi connectivity index (χ0v) is 10.6. The Morgan fingerprint density at radius 3 is 2.67 bits per heavy atom. The van der Waals surface area contributed by atoms with E-state index in [2.05, 4.69) is 34.3 Å². The molecule has 0 fully saturated rings. The minimum absolute atomic E-state index is 0.702. The van der Waals surface area contributed by atoms with Crippen molar-refractivity contribution >= 4 is 34.3 Å². The SMILES string of the molecule is Cc1ccc(Nc2nc3ccc(Cl)cc3[nH]2)cc1. The van der Waals surface area contributed by atoms with Gasteiger partial charge in [-0.2, -0.15) is 0 Å². The van der Waals surface area contributed by atoms with Crippen molar-refractivity contribution in [3.05, 3.63) is 53.1 Å². The number of imidazole rings is 1. The maximum Gasteiger partial charge on any atom is 0.205 e. The van der Waals surface area contributed by atoms with Crippen molar-refractivity contribution in [2.75, 3.05) is 5.32 Å². The molecular formula is C14H12ClN3. The van der Waals surface area contributed by atoms with Gasteiger partial charge in [-0.1, -0.05) is 29.3 Å². The van der Waals surface area contributed by atoms with Gasteiger partial charge in [0.05, 0.1) is 11.0 Å². The summed E-state index contributed by atoms with van der Waals surface area (Å²) in [6.45, 7) is 2.06. The predicted molar refractivity (Wildman–Crippen MR) is 75.6 cm³/mol. The molecule has 0 aliphatic heterocycles. The average molecular weight is 258 g/mol. The Hall–Kier alpha value is -2.00. The molecule has 0 bridgehead atoms. The second-order valence-electron chi connectivity index (χ2n) is 4.24. The highest BCUT2D eigenvalue weighted by Crippen LogP contribution is 2.21. The quantitative estimate of drug-likeness (QED) is 0.720. The van der Waals surface area contributed by atoms with Gasteiger partial charge in [-0.05, 0) is 37.3 Å². The highest BCUT2D eigenvalue weighted by molar-refractivity contribution is 6.31. The number of benzene rings is 2. The number of halogens is 1. The van der Waals surface area contributed by atoms with Gasteiger partial charge in [0.15, 0.2) is 0 Å². The van der Waals surface area contributed by atoms with Crippen LogP contribution < -0.4 is 5.32 Å². The molecule has 90 valence electrons. The van der Waals surface area contributed by atoms with E-state index in [1.165, 1.54) is 5.56 Å². The van der Waals surface area contributed by atoms with E-state index in [4.69, 9.17) is 11.6 Å². The van der Waals surface area contributed by atoms with Crippen LogP contribution in [0.25, 0.3) is 11.0 Å². The van der Waals surface area contributed by atoms with Crippen LogP contribution in [-0.2, 0) is 0 Å². The van der Waals surface area contributed by atoms with E-state index in [0.29, 0.717) is 5.02 Å². The minimum Gasteiger partial charge on any atom is -0.326 e. The van der Waals surface area contributed by atoms with Crippen molar-refractivity contribution in [1.82, 2.24) is 9.97 Å². The first-order valence-electron chi connectivity index (χ1n) is 5.70. The van der Waals surface area contributed by atoms with Crippen molar-refractivity contribution in [3.8, 4) is 0 Å². The third-order valence-electron chi connectivity index (χ3n) is 2.76. The van der Waals surface area contributed by atoms with Gasteiger partial charge >= 0.3 is 0 Å². The molecule has 3 rings (SSSR count). The number of hydrogen-bond acceptors (Lipinski definition) is 2. The zero-order valence-electron chi connectivity index (χ0n) is 9.87. The first kappa shape index (κ1) is 11.1. The summed E-state index contributed by atoms with van der Waals surface area (Å²) in [7, 11) is 0. The first-order valence-corrected chi connectivity index (χ1v) is 6.07. The Morgan fingerprint density at radius 1 is 1.11 bits per heavy atom. The van der Waals surface area contributed by atoms with Gasteiger partial charge in [0.1, 0.15) is 0 Å². The van der Waals surface area contributed by atoms with Crippen molar-refractivity contribution < 1.29 is 0 Å². The number of aromatic amines is 1. The van der Waals surface area contributed by atoms with Gasteiger partial charge in [-0.25, -0.2) is 4.98 Å². The highest BCUT2D eigenvalue weighted by Gasteiger charge is 2.03. The molecule has 0 aliphatic rings. The molecule has 3 nitrogen and oxygen atoms in total. The largest absolute Gasteiger partial charge is 0.326 e. The molecule has 0 amide bonds. The van der Waals surface area contributed by atoms with Gasteiger partial charge in [-0.3, -0.25) is 0 Å². The second-order valence-corrected chi connectivity index (χ2v) is 4.67. The van der Waals surface area contributed by atoms with E-state index in [1.807, 2.05) is 30.3 Å². The molecule has 4 heteroatoms. The molecule has 0 saturated heterocycles. The van der Waals surface area contributed by atoms with Crippen LogP contribution in [0, 0.1) is 6.92 Å². The van der Waals surface area contributed by atoms with E-state index in [1.54, 1.807) is 0 Å². The monoisotopic (exact) mass is 257 g/mol. The van der Waals surface area contributed by atoms with E-state index in [9.17, 15) is 0 Å². The lowest BCUT2D eigenvalue weighted by molar-refractivity contribution is 1.31. The number of aryl methyl sites for hydroxylation is 1. The maximum absolute atomic E-state index is 5.94. The fourth-order valence-corrected chi connectivity index (χ4v) is 1.99. The van der Waals surface area contributed by atoms with Crippen LogP contribution in [0.5, 0.6) is 0 Å². The van der Waals surface area contributed by atoms with Crippen LogP contribution in [0.3, 0.4) is 0 Å². The molecule has 1 heterocycles. The number of nitrogens with one attached hydrogen (secondary N) is 2. The van der Waals surface area contributed by atoms with E-state index >= 15 is 0 Å². The molecular weight excluding hydrogens is 246 g/mol. The van der Waals surface area contributed by atoms with E-state index < -0.39 is 0 Å². The molecule has 1 aromatic heterocycles. The Kier molecular flexibility index (Phi) is 2.68. The summed E-state index contributed by atoms with van der Waals surface area (Å²) in [5.74, 6) is 0.719. The van der Waals surface area contributed by atoms with Gasteiger partial charge in [0.25, 0.3) is 0 Å². The third-order valence-corrected chi connectivity index (χ3v) is 2.99. The summed E-state index contributed by atoms with van der Waals surface area (Å²) in [5.41, 5.74) is 4.06. The lowest BCUT2D eigenvalue weighted by atomic mass is 10.2. The molecule has 18 heavy (non-hydrogen) atoms. The van der Waals surface area contributed by atoms with Crippen molar-refractivity contribution in [2.45, 2.75) is 6.92 Å². The smallest absolute Gasteiger partial charge is 0.205 e. The van der Waals surface area contributed by atoms with Crippen molar-refractivity contribution in [2.24, 2.45) is 0 Å². The van der Waals surface area contributed by atoms with Crippen molar-refractivity contribution in [3.63, 3.8) is 0 Å². The van der Waals surface area contributed by atoms with Crippen LogP contribution in [-0.4, -0.2) is 9.97 Å². The average Bonchev–Trinajstić information content (AvgIpc) is 2.73. The van der Waals surface area contributed by atoms with Crippen molar-refractivity contribution in [1.29, 1.82) is 0 Å². The first-order chi connectivity index (χ1) is 8.70. The van der Waals surface area contributed by atoms with Gasteiger partial charge in [-0.15, -0.1) is 0 Å². The topological polar surface area (TPSA) is 40.7 Å². The molecule has 0 radical (unpaired) electrons. The Bertz CT molecular complexity index is 686. The fraction of sp³-hybridized carbons (Fsp3) is 0.0714. The summed E-state index contributed by atoms with van der Waals surface area (Å²) in [5, 5.41) is 3.93. The lowest BCUT2D eigenvalue weighted by Crippen LogP contribution is -1.91. The predicted octanol–water partition coefficient (Wildman–Crippen LogP) is 4.27. The number of rotatable bonds is 2. The minimum atomic E-state index is 0.702. The third kappa shape index (κ3) is 2.17. The molecule has 0 aliphatic carbocycles. The molecule has 0 atom stereocenters. The Labute approximate surface area is 110 Å². The highest BCUT2D eigenvalue weighted by atomic mass is 35.5. The van der Waals surface area contributed by atoms with E-state index in [0.717, 1.165) is 22.7 Å². The fourth-order valence-electron chi connectivity index (χ4n) is 1.81. The number of fused-ring (bicyclic) bond motifs is 1. The molecule has 2 N–H and O–H groups in total. The Balaban J connectivity index is 1.92. The number of aromatic nitrogens is 2. The molecule has 0 spiro atoms. The van der Waals surface area contributed by atoms with Crippen LogP contribution in [0.15, 0.2) is 42.5 Å². The van der Waals surface area contributed by atoms with Crippen LogP contribution >= 0.6 is 11.6 Å². The summed E-state index contributed by atoms with van der Waals surface area (Å²) in [4.78, 5) is 7.64. The molecule has 0 saturated carbocycles. The Morgan fingerprint density at radius 2 is 1.89 bits per heavy atom. The summed E-state index contributed by atoms with van der Waals surface area (Å²) >= 11 is 5.94. The second kappa shape index (κ2) is 4.35. The number of anilines is 2. The molecule has 3 aromatic rings. The number of nitrogens with zero attached hydrogens (tertiary/aromatic N) is 1. The molecule has 0 unspecified atom stereocenters. The maximum atomic E-state index is 5.94. The van der Waals surface area contributed by atoms with Crippen LogP contribution in [0.4, 0.5) is 11.6 Å². The zero-order chi connectivity index (χ0) is 12.5.